The molecule has 0 heterocycles. The van der Waals surface area contributed by atoms with Gasteiger partial charge in [0, 0.05) is 23.0 Å². The zero-order valence-electron chi connectivity index (χ0n) is 6.10. The van der Waals surface area contributed by atoms with Crippen molar-refractivity contribution >= 4 is 21.8 Å². The van der Waals surface area contributed by atoms with Gasteiger partial charge >= 0.3 is 10.7 Å². The molecule has 0 spiro atoms. The Balaban J connectivity index is 4.03. The van der Waals surface area contributed by atoms with Crippen LogP contribution in [0.25, 0.3) is 0 Å². The van der Waals surface area contributed by atoms with Crippen LogP contribution in [-0.2, 0) is 9.63 Å². The molecule has 0 unspecified atom stereocenters. The van der Waals surface area contributed by atoms with Crippen LogP contribution in [-0.4, -0.2) is 29.5 Å². The third kappa shape index (κ3) is 3.62. The van der Waals surface area contributed by atoms with E-state index in [-0.39, 0.29) is 6.61 Å². The molecule has 0 bridgehead atoms. The van der Waals surface area contributed by atoms with Crippen molar-refractivity contribution in [3.05, 3.63) is 0 Å². The van der Waals surface area contributed by atoms with Crippen LogP contribution in [0.5, 0.6) is 0 Å². The van der Waals surface area contributed by atoms with Crippen molar-refractivity contribution in [2.75, 3.05) is 13.7 Å². The monoisotopic (exact) mass is 231 g/mol. The van der Waals surface area contributed by atoms with Crippen molar-refractivity contribution in [1.29, 1.82) is 0 Å². The number of rotatable bonds is 3. The number of carbonyl (C=O) groups excluding carboxylic acids is 1. The first-order valence-electron chi connectivity index (χ1n) is 2.87. The molecule has 6 heteroatoms. The first-order valence-corrected chi connectivity index (χ1v) is 3.66. The summed E-state index contributed by atoms with van der Waals surface area (Å²) < 4.78 is 24.3. The molecule has 0 aliphatic rings. The summed E-state index contributed by atoms with van der Waals surface area (Å²) in [5.74, 6) is -1.42. The number of hydrogen-bond acceptors (Lipinski definition) is 2. The Bertz CT molecular complexity index is 148. The highest BCUT2D eigenvalue weighted by Gasteiger charge is 2.38. The Labute approximate surface area is 71.4 Å². The molecule has 3 nitrogen and oxygen atoms in total. The average Bonchev–Trinajstić information content (AvgIpc) is 1.85. The Morgan fingerprint density at radius 2 is 2.18 bits per heavy atom. The minimum atomic E-state index is -3.54. The number of amides is 1. The maximum absolute atomic E-state index is 12.1. The topological polar surface area (TPSA) is 29.5 Å². The van der Waals surface area contributed by atoms with E-state index in [2.05, 4.69) is 4.84 Å². The lowest BCUT2D eigenvalue weighted by Crippen LogP contribution is -2.37. The van der Waals surface area contributed by atoms with Crippen LogP contribution < -0.4 is 0 Å². The van der Waals surface area contributed by atoms with E-state index < -0.39 is 10.7 Å². The normalized spacial score (nSPS) is 11.4. The highest BCUT2D eigenvalue weighted by atomic mass is 79.9. The zero-order chi connectivity index (χ0) is 9.07. The summed E-state index contributed by atoms with van der Waals surface area (Å²) in [5.41, 5.74) is 0. The smallest absolute Gasteiger partial charge is 0.271 e. The van der Waals surface area contributed by atoms with E-state index in [9.17, 15) is 13.6 Å². The number of carbonyl (C=O) groups is 1. The van der Waals surface area contributed by atoms with Gasteiger partial charge in [-0.1, -0.05) is 0 Å². The molecule has 0 atom stereocenters. The fourth-order valence-electron chi connectivity index (χ4n) is 0.431. The maximum Gasteiger partial charge on any atom is 0.380 e. The minimum Gasteiger partial charge on any atom is -0.271 e. The van der Waals surface area contributed by atoms with Crippen molar-refractivity contribution in [2.45, 2.75) is 11.8 Å². The van der Waals surface area contributed by atoms with Crippen LogP contribution in [0.15, 0.2) is 0 Å². The fourth-order valence-corrected chi connectivity index (χ4v) is 0.681. The van der Waals surface area contributed by atoms with Crippen LogP contribution in [0.4, 0.5) is 8.78 Å². The number of hydroxylamine groups is 2. The standard InChI is InChI=1S/C5H8BrF2NO2/c1-3-11-9(2)4(10)5(6,7)8/h3H2,1-2H3. The SMILES string of the molecule is CCON(C)C(=O)C(F)(F)Br. The number of hydrogen-bond donors (Lipinski definition) is 0. The largest absolute Gasteiger partial charge is 0.380 e. The van der Waals surface area contributed by atoms with Crippen LogP contribution in [0.2, 0.25) is 0 Å². The van der Waals surface area contributed by atoms with Gasteiger partial charge in [-0.2, -0.15) is 8.78 Å². The van der Waals surface area contributed by atoms with Gasteiger partial charge in [0.05, 0.1) is 6.61 Å². The molecule has 1 amide bonds. The summed E-state index contributed by atoms with van der Waals surface area (Å²) in [4.78, 5) is 11.5. The van der Waals surface area contributed by atoms with Gasteiger partial charge < -0.3 is 0 Å². The Morgan fingerprint density at radius 1 is 1.73 bits per heavy atom. The third-order valence-electron chi connectivity index (χ3n) is 0.851. The van der Waals surface area contributed by atoms with Gasteiger partial charge in [0.1, 0.15) is 0 Å². The van der Waals surface area contributed by atoms with E-state index in [1.807, 2.05) is 15.9 Å². The average molecular weight is 232 g/mol. The summed E-state index contributed by atoms with van der Waals surface area (Å²) in [6.45, 7) is 1.77. The van der Waals surface area contributed by atoms with E-state index in [0.29, 0.717) is 5.06 Å². The van der Waals surface area contributed by atoms with Crippen molar-refractivity contribution < 1.29 is 18.4 Å². The first kappa shape index (κ1) is 10.8. The van der Waals surface area contributed by atoms with Crippen LogP contribution in [0.3, 0.4) is 0 Å². The van der Waals surface area contributed by atoms with E-state index in [0.717, 1.165) is 7.05 Å². The minimum absolute atomic E-state index is 0.172. The highest BCUT2D eigenvalue weighted by Crippen LogP contribution is 2.23. The van der Waals surface area contributed by atoms with Crippen LogP contribution >= 0.6 is 15.9 Å². The molecule has 0 N–H and O–H groups in total. The van der Waals surface area contributed by atoms with Gasteiger partial charge in [0.25, 0.3) is 0 Å². The van der Waals surface area contributed by atoms with Gasteiger partial charge in [0.15, 0.2) is 0 Å². The quantitative estimate of drug-likeness (QED) is 0.543. The molecule has 0 aromatic heterocycles. The first-order chi connectivity index (χ1) is 4.89. The molecular formula is C5H8BrF2NO2. The second-order valence-corrected chi connectivity index (χ2v) is 2.71. The van der Waals surface area contributed by atoms with Gasteiger partial charge in [-0.25, -0.2) is 5.06 Å². The van der Waals surface area contributed by atoms with E-state index >= 15 is 0 Å². The van der Waals surface area contributed by atoms with Gasteiger partial charge in [-0.05, 0) is 6.92 Å². The second kappa shape index (κ2) is 3.96. The number of alkyl halides is 3. The molecule has 0 fully saturated rings. The fraction of sp³-hybridized carbons (Fsp3) is 0.800. The van der Waals surface area contributed by atoms with Crippen molar-refractivity contribution in [2.24, 2.45) is 0 Å². The highest BCUT2D eigenvalue weighted by molar-refractivity contribution is 9.10. The predicted molar refractivity (Wildman–Crippen MR) is 38.3 cm³/mol. The van der Waals surface area contributed by atoms with Crippen LogP contribution in [0, 0.1) is 0 Å². The number of halogens is 3. The molecule has 0 radical (unpaired) electrons. The molecule has 0 aliphatic heterocycles. The van der Waals surface area contributed by atoms with Gasteiger partial charge in [-0.15, -0.1) is 0 Å². The summed E-state index contributed by atoms with van der Waals surface area (Å²) in [6, 6.07) is 0. The second-order valence-electron chi connectivity index (χ2n) is 1.72. The summed E-state index contributed by atoms with van der Waals surface area (Å²) >= 11 is 1.91. The van der Waals surface area contributed by atoms with Crippen molar-refractivity contribution in [3.63, 3.8) is 0 Å². The van der Waals surface area contributed by atoms with Crippen molar-refractivity contribution in [3.8, 4) is 0 Å². The van der Waals surface area contributed by atoms with E-state index in [1.54, 1.807) is 6.92 Å². The Hall–Kier alpha value is -0.230. The summed E-state index contributed by atoms with van der Waals surface area (Å²) in [7, 11) is 1.13. The number of nitrogens with zero attached hydrogens (tertiary/aromatic N) is 1. The molecule has 0 aromatic carbocycles. The molecule has 0 aliphatic carbocycles. The summed E-state index contributed by atoms with van der Waals surface area (Å²) in [5, 5.41) is 0.495. The van der Waals surface area contributed by atoms with Crippen molar-refractivity contribution in [1.82, 2.24) is 5.06 Å². The predicted octanol–water partition coefficient (Wildman–Crippen LogP) is 1.38. The maximum atomic E-state index is 12.1. The Kier molecular flexibility index (Phi) is 3.88. The molecule has 11 heavy (non-hydrogen) atoms. The zero-order valence-corrected chi connectivity index (χ0v) is 7.69. The Morgan fingerprint density at radius 3 is 2.45 bits per heavy atom. The molecule has 0 saturated heterocycles. The molecule has 0 saturated carbocycles. The summed E-state index contributed by atoms with van der Waals surface area (Å²) in [6.07, 6.45) is 0. The van der Waals surface area contributed by atoms with E-state index in [4.69, 9.17) is 0 Å². The molecule has 0 aromatic rings. The van der Waals surface area contributed by atoms with Crippen LogP contribution in [0.1, 0.15) is 6.92 Å². The van der Waals surface area contributed by atoms with Gasteiger partial charge in [-0.3, -0.25) is 9.63 Å². The third-order valence-corrected chi connectivity index (χ3v) is 1.19. The lowest BCUT2D eigenvalue weighted by atomic mass is 10.6. The van der Waals surface area contributed by atoms with E-state index in [1.165, 1.54) is 0 Å². The molecule has 66 valence electrons. The molecular weight excluding hydrogens is 224 g/mol. The lowest BCUT2D eigenvalue weighted by molar-refractivity contribution is -0.190. The molecule has 0 rings (SSSR count). The van der Waals surface area contributed by atoms with Gasteiger partial charge in [0.2, 0.25) is 0 Å². The lowest BCUT2D eigenvalue weighted by Gasteiger charge is -2.17.